The van der Waals surface area contributed by atoms with E-state index in [1.165, 1.54) is 6.08 Å². The summed E-state index contributed by atoms with van der Waals surface area (Å²) in [7, 11) is 0. The van der Waals surface area contributed by atoms with Gasteiger partial charge in [-0.2, -0.15) is 0 Å². The first-order valence-corrected chi connectivity index (χ1v) is 6.35. The van der Waals surface area contributed by atoms with Gasteiger partial charge in [-0.1, -0.05) is 23.7 Å². The summed E-state index contributed by atoms with van der Waals surface area (Å²) in [5, 5.41) is 12.6. The molecule has 0 heterocycles. The molecular weight excluding hydrogens is 250 g/mol. The quantitative estimate of drug-likeness (QED) is 0.824. The molecule has 1 aromatic carbocycles. The summed E-state index contributed by atoms with van der Waals surface area (Å²) in [5.74, 6) is -0.136. The SMILES string of the molecule is Cc1ccc(C=CC(=O)NC2CC(O)C2)cc1Cl. The molecule has 0 unspecified atom stereocenters. The molecule has 0 aliphatic heterocycles. The first-order valence-electron chi connectivity index (χ1n) is 5.97. The van der Waals surface area contributed by atoms with Gasteiger partial charge in [0.1, 0.15) is 0 Å². The number of aryl methyl sites for hydroxylation is 1. The number of aliphatic hydroxyl groups excluding tert-OH is 1. The molecule has 0 spiro atoms. The minimum atomic E-state index is -0.254. The van der Waals surface area contributed by atoms with Crippen LogP contribution in [0.25, 0.3) is 6.08 Å². The van der Waals surface area contributed by atoms with Crippen LogP contribution in [0.15, 0.2) is 24.3 Å². The highest BCUT2D eigenvalue weighted by molar-refractivity contribution is 6.31. The Morgan fingerprint density at radius 1 is 1.50 bits per heavy atom. The minimum Gasteiger partial charge on any atom is -0.393 e. The number of amides is 1. The van der Waals surface area contributed by atoms with Gasteiger partial charge < -0.3 is 10.4 Å². The monoisotopic (exact) mass is 265 g/mol. The van der Waals surface area contributed by atoms with Gasteiger partial charge in [0, 0.05) is 17.1 Å². The fourth-order valence-corrected chi connectivity index (χ4v) is 2.03. The maximum atomic E-state index is 11.6. The molecule has 4 heteroatoms. The standard InChI is InChI=1S/C14H16ClNO2/c1-9-2-3-10(6-13(9)15)4-5-14(18)16-11-7-12(17)8-11/h2-6,11-12,17H,7-8H2,1H3,(H,16,18). The van der Waals surface area contributed by atoms with E-state index in [-0.39, 0.29) is 18.1 Å². The normalized spacial score (nSPS) is 22.8. The molecule has 0 saturated heterocycles. The highest BCUT2D eigenvalue weighted by Gasteiger charge is 2.27. The van der Waals surface area contributed by atoms with Gasteiger partial charge in [0.05, 0.1) is 6.10 Å². The maximum absolute atomic E-state index is 11.6. The Hall–Kier alpha value is -1.32. The zero-order valence-corrected chi connectivity index (χ0v) is 10.9. The number of hydrogen-bond donors (Lipinski definition) is 2. The van der Waals surface area contributed by atoms with Crippen LogP contribution < -0.4 is 5.32 Å². The van der Waals surface area contributed by atoms with Crippen molar-refractivity contribution in [3.8, 4) is 0 Å². The molecule has 2 N–H and O–H groups in total. The van der Waals surface area contributed by atoms with Crippen molar-refractivity contribution in [3.63, 3.8) is 0 Å². The predicted molar refractivity (Wildman–Crippen MR) is 72.4 cm³/mol. The molecule has 1 aromatic rings. The number of aliphatic hydroxyl groups is 1. The van der Waals surface area contributed by atoms with Crippen LogP contribution in [0, 0.1) is 6.92 Å². The van der Waals surface area contributed by atoms with Crippen molar-refractivity contribution in [2.75, 3.05) is 0 Å². The topological polar surface area (TPSA) is 49.3 Å². The first-order chi connectivity index (χ1) is 8.54. The van der Waals surface area contributed by atoms with E-state index >= 15 is 0 Å². The molecule has 3 nitrogen and oxygen atoms in total. The van der Waals surface area contributed by atoms with E-state index in [9.17, 15) is 4.79 Å². The van der Waals surface area contributed by atoms with E-state index in [1.807, 2.05) is 25.1 Å². The smallest absolute Gasteiger partial charge is 0.244 e. The molecule has 0 radical (unpaired) electrons. The lowest BCUT2D eigenvalue weighted by atomic mass is 9.89. The molecule has 1 aliphatic rings. The number of rotatable bonds is 3. The Morgan fingerprint density at radius 2 is 2.22 bits per heavy atom. The second-order valence-electron chi connectivity index (χ2n) is 4.67. The van der Waals surface area contributed by atoms with Gasteiger partial charge in [-0.15, -0.1) is 0 Å². The molecule has 1 saturated carbocycles. The Kier molecular flexibility index (Phi) is 4.04. The van der Waals surface area contributed by atoms with E-state index in [1.54, 1.807) is 6.08 Å². The van der Waals surface area contributed by atoms with Gasteiger partial charge in [-0.3, -0.25) is 4.79 Å². The maximum Gasteiger partial charge on any atom is 0.244 e. The summed E-state index contributed by atoms with van der Waals surface area (Å²) in [6.07, 6.45) is 4.27. The summed E-state index contributed by atoms with van der Waals surface area (Å²) < 4.78 is 0. The Morgan fingerprint density at radius 3 is 2.83 bits per heavy atom. The third kappa shape index (κ3) is 3.34. The zero-order chi connectivity index (χ0) is 13.1. The molecule has 2 rings (SSSR count). The number of carbonyl (C=O) groups is 1. The molecule has 0 aromatic heterocycles. The molecule has 0 bridgehead atoms. The highest BCUT2D eigenvalue weighted by Crippen LogP contribution is 2.19. The summed E-state index contributed by atoms with van der Waals surface area (Å²) in [5.41, 5.74) is 1.91. The Balaban J connectivity index is 1.89. The Bertz CT molecular complexity index is 479. The van der Waals surface area contributed by atoms with Crippen molar-refractivity contribution in [2.45, 2.75) is 31.9 Å². The van der Waals surface area contributed by atoms with Crippen molar-refractivity contribution < 1.29 is 9.90 Å². The average molecular weight is 266 g/mol. The van der Waals surface area contributed by atoms with Gasteiger partial charge in [-0.25, -0.2) is 0 Å². The molecule has 96 valence electrons. The van der Waals surface area contributed by atoms with Gasteiger partial charge in [0.2, 0.25) is 5.91 Å². The lowest BCUT2D eigenvalue weighted by molar-refractivity contribution is -0.118. The number of benzene rings is 1. The van der Waals surface area contributed by atoms with Crippen LogP contribution in [0.3, 0.4) is 0 Å². The van der Waals surface area contributed by atoms with Crippen molar-refractivity contribution >= 4 is 23.6 Å². The first kappa shape index (κ1) is 13.1. The summed E-state index contributed by atoms with van der Waals surface area (Å²) in [6.45, 7) is 1.93. The van der Waals surface area contributed by atoms with E-state index in [4.69, 9.17) is 16.7 Å². The third-order valence-electron chi connectivity index (χ3n) is 3.08. The lowest BCUT2D eigenvalue weighted by Gasteiger charge is -2.31. The summed E-state index contributed by atoms with van der Waals surface area (Å²) in [4.78, 5) is 11.6. The largest absolute Gasteiger partial charge is 0.393 e. The van der Waals surface area contributed by atoms with Crippen LogP contribution in [0.4, 0.5) is 0 Å². The van der Waals surface area contributed by atoms with E-state index in [2.05, 4.69) is 5.32 Å². The van der Waals surface area contributed by atoms with Crippen LogP contribution in [0.5, 0.6) is 0 Å². The third-order valence-corrected chi connectivity index (χ3v) is 3.49. The average Bonchev–Trinajstić information content (AvgIpc) is 2.29. The fourth-order valence-electron chi connectivity index (χ4n) is 1.84. The predicted octanol–water partition coefficient (Wildman–Crippen LogP) is 2.30. The number of halogens is 1. The van der Waals surface area contributed by atoms with E-state index in [0.717, 1.165) is 11.1 Å². The van der Waals surface area contributed by atoms with E-state index < -0.39 is 0 Å². The Labute approximate surface area is 111 Å². The lowest BCUT2D eigenvalue weighted by Crippen LogP contribution is -2.46. The van der Waals surface area contributed by atoms with Crippen molar-refractivity contribution in [1.82, 2.24) is 5.32 Å². The second kappa shape index (κ2) is 5.55. The van der Waals surface area contributed by atoms with Crippen LogP contribution >= 0.6 is 11.6 Å². The van der Waals surface area contributed by atoms with Crippen molar-refractivity contribution in [2.24, 2.45) is 0 Å². The molecule has 1 amide bonds. The van der Waals surface area contributed by atoms with Crippen molar-refractivity contribution in [1.29, 1.82) is 0 Å². The molecule has 18 heavy (non-hydrogen) atoms. The number of nitrogens with one attached hydrogen (secondary N) is 1. The molecule has 1 aliphatic carbocycles. The van der Waals surface area contributed by atoms with Gasteiger partial charge in [0.25, 0.3) is 0 Å². The van der Waals surface area contributed by atoms with Crippen LogP contribution in [0.2, 0.25) is 5.02 Å². The molecular formula is C14H16ClNO2. The minimum absolute atomic E-state index is 0.110. The highest BCUT2D eigenvalue weighted by atomic mass is 35.5. The summed E-state index contributed by atoms with van der Waals surface area (Å²) >= 11 is 6.00. The van der Waals surface area contributed by atoms with Gasteiger partial charge in [-0.05, 0) is 43.0 Å². The van der Waals surface area contributed by atoms with Crippen LogP contribution in [-0.2, 0) is 4.79 Å². The fraction of sp³-hybridized carbons (Fsp3) is 0.357. The van der Waals surface area contributed by atoms with Gasteiger partial charge in [0.15, 0.2) is 0 Å². The van der Waals surface area contributed by atoms with Crippen LogP contribution in [0.1, 0.15) is 24.0 Å². The number of carbonyl (C=O) groups excluding carboxylic acids is 1. The summed E-state index contributed by atoms with van der Waals surface area (Å²) in [6, 6.07) is 5.77. The zero-order valence-electron chi connectivity index (χ0n) is 10.2. The van der Waals surface area contributed by atoms with Gasteiger partial charge >= 0.3 is 0 Å². The van der Waals surface area contributed by atoms with E-state index in [0.29, 0.717) is 17.9 Å². The molecule has 0 atom stereocenters. The molecule has 1 fully saturated rings. The van der Waals surface area contributed by atoms with Crippen LogP contribution in [-0.4, -0.2) is 23.2 Å². The second-order valence-corrected chi connectivity index (χ2v) is 5.08. The van der Waals surface area contributed by atoms with Crippen molar-refractivity contribution in [3.05, 3.63) is 40.4 Å². The number of hydrogen-bond acceptors (Lipinski definition) is 2.